The first-order chi connectivity index (χ1) is 10.0. The first-order valence-corrected chi connectivity index (χ1v) is 8.46. The molecule has 0 aliphatic rings. The van der Waals surface area contributed by atoms with E-state index < -0.39 is 0 Å². The van der Waals surface area contributed by atoms with Crippen molar-refractivity contribution in [3.63, 3.8) is 0 Å². The molecule has 0 aliphatic heterocycles. The second-order valence-corrected chi connectivity index (χ2v) is 6.61. The molecule has 0 bridgehead atoms. The maximum atomic E-state index is 6.58. The highest BCUT2D eigenvalue weighted by atomic mass is 79.9. The summed E-state index contributed by atoms with van der Waals surface area (Å²) in [4.78, 5) is 0. The highest BCUT2D eigenvalue weighted by molar-refractivity contribution is 9.10. The Kier molecular flexibility index (Phi) is 5.98. The minimum Gasteiger partial charge on any atom is -0.492 e. The fourth-order valence-corrected chi connectivity index (χ4v) is 2.92. The van der Waals surface area contributed by atoms with Gasteiger partial charge in [0.15, 0.2) is 0 Å². The number of hydrogen-bond acceptors (Lipinski definition) is 1. The Balaban J connectivity index is 2.24. The molecule has 0 radical (unpaired) electrons. The van der Waals surface area contributed by atoms with Crippen LogP contribution in [-0.2, 0) is 0 Å². The molecule has 21 heavy (non-hydrogen) atoms. The lowest BCUT2D eigenvalue weighted by Crippen LogP contribution is -1.98. The monoisotopic (exact) mass is 386 g/mol. The van der Waals surface area contributed by atoms with Gasteiger partial charge in [0.05, 0.1) is 16.5 Å². The van der Waals surface area contributed by atoms with Crippen molar-refractivity contribution in [2.45, 2.75) is 25.6 Å². The van der Waals surface area contributed by atoms with Gasteiger partial charge in [-0.1, -0.05) is 36.7 Å². The van der Waals surface area contributed by atoms with E-state index in [1.807, 2.05) is 43.3 Å². The van der Waals surface area contributed by atoms with Crippen molar-refractivity contribution in [3.05, 3.63) is 62.6 Å². The van der Waals surface area contributed by atoms with E-state index >= 15 is 0 Å². The molecular weight excluding hydrogens is 371 g/mol. The molecule has 1 nitrogen and oxygen atoms in total. The van der Waals surface area contributed by atoms with E-state index in [9.17, 15) is 0 Å². The average Bonchev–Trinajstić information content (AvgIpc) is 2.48. The Morgan fingerprint density at radius 1 is 1.14 bits per heavy atom. The number of halogens is 3. The van der Waals surface area contributed by atoms with Gasteiger partial charge in [-0.15, -0.1) is 11.6 Å². The van der Waals surface area contributed by atoms with E-state index in [0.717, 1.165) is 38.4 Å². The summed E-state index contributed by atoms with van der Waals surface area (Å²) in [7, 11) is 0. The van der Waals surface area contributed by atoms with Gasteiger partial charge in [0, 0.05) is 5.02 Å². The highest BCUT2D eigenvalue weighted by Crippen LogP contribution is 2.35. The summed E-state index contributed by atoms with van der Waals surface area (Å²) in [5.74, 6) is 0.844. The van der Waals surface area contributed by atoms with Crippen LogP contribution in [0.4, 0.5) is 0 Å². The second kappa shape index (κ2) is 7.53. The predicted molar refractivity (Wildman–Crippen MR) is 93.8 cm³/mol. The molecule has 2 aromatic rings. The molecule has 0 spiro atoms. The average molecular weight is 388 g/mol. The number of benzene rings is 2. The molecule has 0 amide bonds. The summed E-state index contributed by atoms with van der Waals surface area (Å²) in [6.45, 7) is 4.77. The van der Waals surface area contributed by atoms with Crippen molar-refractivity contribution in [3.8, 4) is 5.75 Å². The lowest BCUT2D eigenvalue weighted by atomic mass is 10.0. The number of hydrogen-bond donors (Lipinski definition) is 0. The molecule has 1 atom stereocenters. The van der Waals surface area contributed by atoms with Crippen LogP contribution in [0.25, 0.3) is 0 Å². The van der Waals surface area contributed by atoms with Gasteiger partial charge in [0.1, 0.15) is 5.75 Å². The van der Waals surface area contributed by atoms with Crippen molar-refractivity contribution < 1.29 is 4.74 Å². The topological polar surface area (TPSA) is 9.23 Å². The first kappa shape index (κ1) is 16.7. The Hall–Kier alpha value is -0.700. The number of ether oxygens (including phenoxy) is 1. The molecule has 4 heteroatoms. The molecule has 0 saturated heterocycles. The molecule has 0 aliphatic carbocycles. The Morgan fingerprint density at radius 2 is 1.81 bits per heavy atom. The van der Waals surface area contributed by atoms with Crippen LogP contribution in [0, 0.1) is 6.92 Å². The molecule has 2 aromatic carbocycles. The lowest BCUT2D eigenvalue weighted by molar-refractivity contribution is 0.315. The van der Waals surface area contributed by atoms with Crippen LogP contribution in [0.3, 0.4) is 0 Å². The third-order valence-electron chi connectivity index (χ3n) is 3.18. The van der Waals surface area contributed by atoms with Crippen molar-refractivity contribution in [2.24, 2.45) is 0 Å². The van der Waals surface area contributed by atoms with Crippen LogP contribution in [0.15, 0.2) is 40.9 Å². The SMILES string of the molecule is CCCOc1ccc(C(Cl)c2ccc(Cl)c(C)c2)cc1Br. The third kappa shape index (κ3) is 4.15. The third-order valence-corrected chi connectivity index (χ3v) is 4.73. The molecule has 0 heterocycles. The summed E-state index contributed by atoms with van der Waals surface area (Å²) in [5, 5.41) is 0.546. The Labute approximate surface area is 144 Å². The smallest absolute Gasteiger partial charge is 0.133 e. The van der Waals surface area contributed by atoms with Crippen molar-refractivity contribution in [2.75, 3.05) is 6.61 Å². The van der Waals surface area contributed by atoms with Crippen LogP contribution in [-0.4, -0.2) is 6.61 Å². The quantitative estimate of drug-likeness (QED) is 0.530. The summed E-state index contributed by atoms with van der Waals surface area (Å²) < 4.78 is 6.57. The maximum absolute atomic E-state index is 6.58. The van der Waals surface area contributed by atoms with Gasteiger partial charge >= 0.3 is 0 Å². The summed E-state index contributed by atoms with van der Waals surface area (Å²) in [6, 6.07) is 11.8. The zero-order valence-corrected chi connectivity index (χ0v) is 15.1. The second-order valence-electron chi connectivity index (χ2n) is 4.91. The molecule has 112 valence electrons. The number of alkyl halides is 1. The highest BCUT2D eigenvalue weighted by Gasteiger charge is 2.13. The van der Waals surface area contributed by atoms with Crippen LogP contribution in [0.1, 0.15) is 35.4 Å². The summed E-state index contributed by atoms with van der Waals surface area (Å²) in [6.07, 6.45) is 0.983. The normalized spacial score (nSPS) is 12.2. The van der Waals surface area contributed by atoms with Gasteiger partial charge < -0.3 is 4.74 Å². The standard InChI is InChI=1S/C17H17BrCl2O/c1-3-8-21-16-7-5-13(10-14(16)18)17(20)12-4-6-15(19)11(2)9-12/h4-7,9-10,17H,3,8H2,1-2H3. The first-order valence-electron chi connectivity index (χ1n) is 6.85. The van der Waals surface area contributed by atoms with Gasteiger partial charge in [-0.25, -0.2) is 0 Å². The predicted octanol–water partition coefficient (Wildman–Crippen LogP) is 6.53. The van der Waals surface area contributed by atoms with E-state index in [1.54, 1.807) is 0 Å². The summed E-state index contributed by atoms with van der Waals surface area (Å²) in [5.41, 5.74) is 3.09. The molecule has 2 rings (SSSR count). The number of aryl methyl sites for hydroxylation is 1. The van der Waals surface area contributed by atoms with Crippen LogP contribution in [0.5, 0.6) is 5.75 Å². The van der Waals surface area contributed by atoms with Crippen LogP contribution >= 0.6 is 39.1 Å². The number of rotatable bonds is 5. The zero-order chi connectivity index (χ0) is 15.4. The van der Waals surface area contributed by atoms with Gasteiger partial charge in [-0.05, 0) is 64.2 Å². The maximum Gasteiger partial charge on any atom is 0.133 e. The van der Waals surface area contributed by atoms with E-state index in [0.29, 0.717) is 6.61 Å². The fraction of sp³-hybridized carbons (Fsp3) is 0.294. The largest absolute Gasteiger partial charge is 0.492 e. The fourth-order valence-electron chi connectivity index (χ4n) is 2.02. The van der Waals surface area contributed by atoms with E-state index in [4.69, 9.17) is 27.9 Å². The van der Waals surface area contributed by atoms with Gasteiger partial charge in [0.2, 0.25) is 0 Å². The molecule has 0 N–H and O–H groups in total. The Bertz CT molecular complexity index is 628. The van der Waals surface area contributed by atoms with Crippen LogP contribution < -0.4 is 4.74 Å². The molecule has 1 unspecified atom stereocenters. The van der Waals surface area contributed by atoms with E-state index in [-0.39, 0.29) is 5.38 Å². The van der Waals surface area contributed by atoms with Gasteiger partial charge in [-0.3, -0.25) is 0 Å². The zero-order valence-electron chi connectivity index (χ0n) is 12.0. The van der Waals surface area contributed by atoms with Crippen molar-refractivity contribution >= 4 is 39.1 Å². The van der Waals surface area contributed by atoms with Crippen molar-refractivity contribution in [1.29, 1.82) is 0 Å². The van der Waals surface area contributed by atoms with E-state index in [2.05, 4.69) is 22.9 Å². The minimum atomic E-state index is -0.211. The molecule has 0 fully saturated rings. The molecular formula is C17H17BrCl2O. The van der Waals surface area contributed by atoms with Crippen molar-refractivity contribution in [1.82, 2.24) is 0 Å². The molecule has 0 saturated carbocycles. The van der Waals surface area contributed by atoms with Gasteiger partial charge in [0.25, 0.3) is 0 Å². The van der Waals surface area contributed by atoms with Crippen LogP contribution in [0.2, 0.25) is 5.02 Å². The van der Waals surface area contributed by atoms with Gasteiger partial charge in [-0.2, -0.15) is 0 Å². The summed E-state index contributed by atoms with van der Waals surface area (Å²) >= 11 is 16.2. The Morgan fingerprint density at radius 3 is 2.43 bits per heavy atom. The van der Waals surface area contributed by atoms with E-state index in [1.165, 1.54) is 0 Å². The lowest BCUT2D eigenvalue weighted by Gasteiger charge is -2.14. The minimum absolute atomic E-state index is 0.211. The molecule has 0 aromatic heterocycles.